The second-order valence-electron chi connectivity index (χ2n) is 7.36. The fourth-order valence-corrected chi connectivity index (χ4v) is 3.30. The molecule has 0 aromatic carbocycles. The molecule has 2 aliphatic heterocycles. The first kappa shape index (κ1) is 17.0. The van der Waals surface area contributed by atoms with E-state index in [4.69, 9.17) is 19.5 Å². The van der Waals surface area contributed by atoms with E-state index in [-0.39, 0.29) is 30.7 Å². The first-order chi connectivity index (χ1) is 10.1. The number of hydrogen-bond donors (Lipinski definition) is 0. The zero-order valence-corrected chi connectivity index (χ0v) is 14.3. The van der Waals surface area contributed by atoms with Crippen molar-refractivity contribution in [2.45, 2.75) is 90.1 Å². The summed E-state index contributed by atoms with van der Waals surface area (Å²) in [5.41, 5.74) is -0.578. The monoisotopic (exact) mass is 310 g/mol. The summed E-state index contributed by atoms with van der Waals surface area (Å²) in [6.45, 7) is 11.2. The summed E-state index contributed by atoms with van der Waals surface area (Å²) in [5.74, 6) is -0.684. The maximum absolute atomic E-state index is 12.6. The van der Waals surface area contributed by atoms with Gasteiger partial charge in [-0.15, -0.1) is 0 Å². The summed E-state index contributed by atoms with van der Waals surface area (Å²) in [4.78, 5) is 14.2. The van der Waals surface area contributed by atoms with Gasteiger partial charge in [-0.2, -0.15) is 5.26 Å². The van der Waals surface area contributed by atoms with Crippen LogP contribution in [0, 0.1) is 11.3 Å². The molecule has 0 aromatic rings. The Balaban J connectivity index is 2.28. The third-order valence-electron chi connectivity index (χ3n) is 3.96. The Morgan fingerprint density at radius 1 is 1.27 bits per heavy atom. The number of carbonyl (C=O) groups is 1. The van der Waals surface area contributed by atoms with Gasteiger partial charge in [0.25, 0.3) is 0 Å². The van der Waals surface area contributed by atoms with E-state index in [0.717, 1.165) is 6.42 Å². The molecule has 0 aliphatic carbocycles. The van der Waals surface area contributed by atoms with Crippen LogP contribution >= 0.6 is 0 Å². The Hall–Kier alpha value is -1.32. The fraction of sp³-hybridized carbons (Fsp3) is 0.875. The average Bonchev–Trinajstić information content (AvgIpc) is 2.79. The molecule has 22 heavy (non-hydrogen) atoms. The third kappa shape index (κ3) is 3.21. The number of nitriles is 1. The Morgan fingerprint density at radius 2 is 1.82 bits per heavy atom. The normalized spacial score (nSPS) is 33.4. The first-order valence-electron chi connectivity index (χ1n) is 7.83. The van der Waals surface area contributed by atoms with E-state index in [0.29, 0.717) is 0 Å². The minimum Gasteiger partial charge on any atom is -0.444 e. The van der Waals surface area contributed by atoms with Gasteiger partial charge in [0, 0.05) is 0 Å². The molecule has 2 fully saturated rings. The quantitative estimate of drug-likeness (QED) is 0.784. The predicted octanol–water partition coefficient (Wildman–Crippen LogP) is 2.82. The molecule has 4 atom stereocenters. The van der Waals surface area contributed by atoms with E-state index in [1.54, 1.807) is 4.90 Å². The molecule has 6 heteroatoms. The molecule has 0 aromatic heterocycles. The molecule has 0 bridgehead atoms. The number of carbonyl (C=O) groups excluding carboxylic acids is 1. The predicted molar refractivity (Wildman–Crippen MR) is 80.0 cm³/mol. The summed E-state index contributed by atoms with van der Waals surface area (Å²) in [6.07, 6.45) is 0.0231. The van der Waals surface area contributed by atoms with Crippen LogP contribution in [-0.2, 0) is 14.2 Å². The van der Waals surface area contributed by atoms with Crippen LogP contribution in [0.5, 0.6) is 0 Å². The van der Waals surface area contributed by atoms with E-state index in [1.807, 2.05) is 41.5 Å². The number of ether oxygens (including phenoxy) is 3. The minimum atomic E-state index is -0.684. The summed E-state index contributed by atoms with van der Waals surface area (Å²) >= 11 is 0. The molecule has 2 aliphatic rings. The summed E-state index contributed by atoms with van der Waals surface area (Å²) in [7, 11) is 0. The topological polar surface area (TPSA) is 71.8 Å². The Labute approximate surface area is 132 Å². The lowest BCUT2D eigenvalue weighted by Crippen LogP contribution is -2.48. The standard InChI is InChI=1S/C16H26N2O4/c1-7-10-12-13(21-16(5,6)20-12)11(8-9-17)18(10)14(19)22-15(2,3)4/h10-13H,7-8H2,1-6H3/t10-,11+,12-,13+/m1/s1. The molecular formula is C16H26N2O4. The van der Waals surface area contributed by atoms with Crippen molar-refractivity contribution in [2.75, 3.05) is 0 Å². The molecule has 2 heterocycles. The molecule has 2 saturated heterocycles. The van der Waals surface area contributed by atoms with Gasteiger partial charge in [-0.3, -0.25) is 4.90 Å². The maximum Gasteiger partial charge on any atom is 0.411 e. The van der Waals surface area contributed by atoms with Crippen molar-refractivity contribution in [1.82, 2.24) is 4.90 Å². The first-order valence-corrected chi connectivity index (χ1v) is 7.83. The van der Waals surface area contributed by atoms with E-state index in [1.165, 1.54) is 0 Å². The van der Waals surface area contributed by atoms with Crippen LogP contribution in [-0.4, -0.2) is 46.7 Å². The summed E-state index contributed by atoms with van der Waals surface area (Å²) in [6, 6.07) is 1.68. The number of amides is 1. The number of fused-ring (bicyclic) bond motifs is 1. The van der Waals surface area contributed by atoms with Gasteiger partial charge >= 0.3 is 6.09 Å². The zero-order valence-electron chi connectivity index (χ0n) is 14.3. The molecule has 6 nitrogen and oxygen atoms in total. The molecule has 1 amide bonds. The third-order valence-corrected chi connectivity index (χ3v) is 3.96. The molecule has 2 rings (SSSR count). The van der Waals surface area contributed by atoms with E-state index in [9.17, 15) is 4.79 Å². The molecule has 124 valence electrons. The molecule has 0 N–H and O–H groups in total. The second-order valence-corrected chi connectivity index (χ2v) is 7.36. The van der Waals surface area contributed by atoms with Crippen LogP contribution in [0.4, 0.5) is 4.79 Å². The van der Waals surface area contributed by atoms with Gasteiger partial charge in [0.2, 0.25) is 0 Å². The van der Waals surface area contributed by atoms with Gasteiger partial charge in [-0.05, 0) is 41.0 Å². The molecule has 0 spiro atoms. The Bertz CT molecular complexity index is 478. The smallest absolute Gasteiger partial charge is 0.411 e. The lowest BCUT2D eigenvalue weighted by molar-refractivity contribution is -0.166. The van der Waals surface area contributed by atoms with Gasteiger partial charge < -0.3 is 14.2 Å². The molecular weight excluding hydrogens is 284 g/mol. The summed E-state index contributed by atoms with van der Waals surface area (Å²) in [5, 5.41) is 9.14. The SMILES string of the molecule is CC[C@@H]1[C@H]2OC(C)(C)O[C@H]2[C@H](CC#N)N1C(=O)OC(C)(C)C. The highest BCUT2D eigenvalue weighted by molar-refractivity contribution is 5.70. The molecule has 0 saturated carbocycles. The Morgan fingerprint density at radius 3 is 2.27 bits per heavy atom. The molecule has 0 radical (unpaired) electrons. The lowest BCUT2D eigenvalue weighted by atomic mass is 10.1. The van der Waals surface area contributed by atoms with E-state index < -0.39 is 17.5 Å². The number of likely N-dealkylation sites (tertiary alicyclic amines) is 1. The van der Waals surface area contributed by atoms with Crippen LogP contribution in [0.2, 0.25) is 0 Å². The van der Waals surface area contributed by atoms with Crippen LogP contribution in [0.25, 0.3) is 0 Å². The van der Waals surface area contributed by atoms with Crippen LogP contribution in [0.1, 0.15) is 54.4 Å². The maximum atomic E-state index is 12.6. The fourth-order valence-electron chi connectivity index (χ4n) is 3.30. The Kier molecular flexibility index (Phi) is 4.42. The zero-order chi connectivity index (χ0) is 16.7. The largest absolute Gasteiger partial charge is 0.444 e. The van der Waals surface area contributed by atoms with Gasteiger partial charge in [-0.25, -0.2) is 4.79 Å². The average molecular weight is 310 g/mol. The summed E-state index contributed by atoms with van der Waals surface area (Å²) < 4.78 is 17.5. The highest BCUT2D eigenvalue weighted by Crippen LogP contribution is 2.42. The van der Waals surface area contributed by atoms with Crippen molar-refractivity contribution in [1.29, 1.82) is 5.26 Å². The number of nitrogens with zero attached hydrogens (tertiary/aromatic N) is 2. The van der Waals surface area contributed by atoms with Gasteiger partial charge in [0.15, 0.2) is 5.79 Å². The minimum absolute atomic E-state index is 0.139. The van der Waals surface area contributed by atoms with Gasteiger partial charge in [0.05, 0.1) is 24.6 Å². The van der Waals surface area contributed by atoms with Crippen LogP contribution in [0.3, 0.4) is 0 Å². The van der Waals surface area contributed by atoms with Crippen molar-refractivity contribution in [2.24, 2.45) is 0 Å². The number of hydrogen-bond acceptors (Lipinski definition) is 5. The molecule has 0 unspecified atom stereocenters. The van der Waals surface area contributed by atoms with Crippen molar-refractivity contribution >= 4 is 6.09 Å². The van der Waals surface area contributed by atoms with Gasteiger partial charge in [-0.1, -0.05) is 6.92 Å². The second kappa shape index (κ2) is 5.71. The van der Waals surface area contributed by atoms with E-state index in [2.05, 4.69) is 6.07 Å². The van der Waals surface area contributed by atoms with Crippen molar-refractivity contribution in [3.63, 3.8) is 0 Å². The lowest BCUT2D eigenvalue weighted by Gasteiger charge is -2.34. The van der Waals surface area contributed by atoms with Crippen molar-refractivity contribution in [3.05, 3.63) is 0 Å². The highest BCUT2D eigenvalue weighted by atomic mass is 16.8. The van der Waals surface area contributed by atoms with Crippen molar-refractivity contribution in [3.8, 4) is 6.07 Å². The van der Waals surface area contributed by atoms with Gasteiger partial charge in [0.1, 0.15) is 17.8 Å². The van der Waals surface area contributed by atoms with Crippen molar-refractivity contribution < 1.29 is 19.0 Å². The van der Waals surface area contributed by atoms with E-state index >= 15 is 0 Å². The number of rotatable bonds is 2. The van der Waals surface area contributed by atoms with Crippen LogP contribution < -0.4 is 0 Å². The van der Waals surface area contributed by atoms with Crippen LogP contribution in [0.15, 0.2) is 0 Å². The highest BCUT2D eigenvalue weighted by Gasteiger charge is 2.59.